The van der Waals surface area contributed by atoms with Crippen LogP contribution in [0.15, 0.2) is 30.3 Å². The Balaban J connectivity index is 1.75. The van der Waals surface area contributed by atoms with Crippen molar-refractivity contribution in [3.8, 4) is 11.5 Å². The Labute approximate surface area is 154 Å². The van der Waals surface area contributed by atoms with Gasteiger partial charge in [-0.25, -0.2) is 0 Å². The lowest BCUT2D eigenvalue weighted by molar-refractivity contribution is 0.103. The minimum Gasteiger partial charge on any atom is -0.490 e. The number of carbonyl (C=O) groups excluding carboxylic acids is 1. The Kier molecular flexibility index (Phi) is 5.76. The highest BCUT2D eigenvalue weighted by atomic mass is 16.5. The maximum atomic E-state index is 12.4. The monoisotopic (exact) mass is 354 g/mol. The smallest absolute Gasteiger partial charge is 0.203 e. The normalized spacial score (nSPS) is 14.9. The molecular weight excluding hydrogens is 328 g/mol. The summed E-state index contributed by atoms with van der Waals surface area (Å²) in [6, 6.07) is 7.59. The van der Waals surface area contributed by atoms with Gasteiger partial charge >= 0.3 is 0 Å². The SMILES string of the molecule is CCOc1cc(/C=C/C(=O)c2cc(C)nn2C)ccc1OC1CCCC1. The quantitative estimate of drug-likeness (QED) is 0.548. The minimum absolute atomic E-state index is 0.0719. The van der Waals surface area contributed by atoms with E-state index in [4.69, 9.17) is 9.47 Å². The molecule has 0 spiro atoms. The number of ether oxygens (including phenoxy) is 2. The number of aromatic nitrogens is 2. The molecule has 5 heteroatoms. The number of allylic oxidation sites excluding steroid dienone is 1. The fourth-order valence-corrected chi connectivity index (χ4v) is 3.28. The molecule has 5 nitrogen and oxygen atoms in total. The van der Waals surface area contributed by atoms with Crippen LogP contribution in [0, 0.1) is 6.92 Å². The summed E-state index contributed by atoms with van der Waals surface area (Å²) in [7, 11) is 1.77. The Morgan fingerprint density at radius 3 is 2.69 bits per heavy atom. The standard InChI is InChI=1S/C21H26N2O3/c1-4-25-21-14-16(10-12-20(21)26-17-7-5-6-8-17)9-11-19(24)18-13-15(2)22-23(18)3/h9-14,17H,4-8H2,1-3H3/b11-9+. The maximum Gasteiger partial charge on any atom is 0.203 e. The lowest BCUT2D eigenvalue weighted by Crippen LogP contribution is -2.11. The average Bonchev–Trinajstić information content (AvgIpc) is 3.24. The third kappa shape index (κ3) is 4.34. The first-order valence-corrected chi connectivity index (χ1v) is 9.23. The van der Waals surface area contributed by atoms with Crippen LogP contribution < -0.4 is 9.47 Å². The van der Waals surface area contributed by atoms with E-state index in [0.29, 0.717) is 12.3 Å². The van der Waals surface area contributed by atoms with E-state index in [2.05, 4.69) is 5.10 Å². The Hall–Kier alpha value is -2.56. The molecule has 0 saturated heterocycles. The number of ketones is 1. The van der Waals surface area contributed by atoms with Crippen molar-refractivity contribution in [1.82, 2.24) is 9.78 Å². The van der Waals surface area contributed by atoms with Crippen LogP contribution in [0.4, 0.5) is 0 Å². The summed E-state index contributed by atoms with van der Waals surface area (Å²) in [6.45, 7) is 4.40. The van der Waals surface area contributed by atoms with Gasteiger partial charge in [-0.15, -0.1) is 0 Å². The lowest BCUT2D eigenvalue weighted by Gasteiger charge is -2.17. The number of carbonyl (C=O) groups is 1. The summed E-state index contributed by atoms with van der Waals surface area (Å²) in [5.74, 6) is 1.44. The van der Waals surface area contributed by atoms with Crippen LogP contribution in [-0.2, 0) is 7.05 Å². The van der Waals surface area contributed by atoms with Gasteiger partial charge in [0.05, 0.1) is 18.4 Å². The van der Waals surface area contributed by atoms with E-state index in [-0.39, 0.29) is 11.9 Å². The topological polar surface area (TPSA) is 53.3 Å². The van der Waals surface area contributed by atoms with Crippen LogP contribution in [0.3, 0.4) is 0 Å². The molecule has 0 radical (unpaired) electrons. The molecule has 1 saturated carbocycles. The number of rotatable bonds is 7. The van der Waals surface area contributed by atoms with Gasteiger partial charge in [-0.05, 0) is 69.4 Å². The van der Waals surface area contributed by atoms with E-state index in [1.807, 2.05) is 32.0 Å². The van der Waals surface area contributed by atoms with Crippen molar-refractivity contribution in [2.24, 2.45) is 7.05 Å². The molecule has 1 aromatic heterocycles. The van der Waals surface area contributed by atoms with Gasteiger partial charge in [0, 0.05) is 7.05 Å². The van der Waals surface area contributed by atoms with E-state index in [9.17, 15) is 4.79 Å². The number of benzene rings is 1. The molecule has 0 N–H and O–H groups in total. The first kappa shape index (κ1) is 18.2. The summed E-state index contributed by atoms with van der Waals surface area (Å²) in [6.07, 6.45) is 8.31. The largest absolute Gasteiger partial charge is 0.490 e. The summed E-state index contributed by atoms with van der Waals surface area (Å²) in [4.78, 5) is 12.4. The molecule has 0 amide bonds. The summed E-state index contributed by atoms with van der Waals surface area (Å²) >= 11 is 0. The molecule has 0 bridgehead atoms. The van der Waals surface area contributed by atoms with Crippen LogP contribution in [0.2, 0.25) is 0 Å². The van der Waals surface area contributed by atoms with Gasteiger partial charge in [0.1, 0.15) is 5.69 Å². The highest BCUT2D eigenvalue weighted by molar-refractivity contribution is 6.05. The van der Waals surface area contributed by atoms with Crippen molar-refractivity contribution in [3.63, 3.8) is 0 Å². The number of hydrogen-bond donors (Lipinski definition) is 0. The number of nitrogens with zero attached hydrogens (tertiary/aromatic N) is 2. The zero-order valence-electron chi connectivity index (χ0n) is 15.7. The summed E-state index contributed by atoms with van der Waals surface area (Å²) in [5.41, 5.74) is 2.31. The molecule has 0 unspecified atom stereocenters. The van der Waals surface area contributed by atoms with E-state index in [1.165, 1.54) is 12.8 Å². The molecule has 26 heavy (non-hydrogen) atoms. The summed E-state index contributed by atoms with van der Waals surface area (Å²) < 4.78 is 13.4. The van der Waals surface area contributed by atoms with Gasteiger partial charge in [-0.3, -0.25) is 9.48 Å². The van der Waals surface area contributed by atoms with E-state index < -0.39 is 0 Å². The Morgan fingerprint density at radius 1 is 1.27 bits per heavy atom. The zero-order chi connectivity index (χ0) is 18.5. The Bertz CT molecular complexity index is 802. The molecule has 1 heterocycles. The van der Waals surface area contributed by atoms with Gasteiger partial charge in [0.15, 0.2) is 11.5 Å². The highest BCUT2D eigenvalue weighted by Gasteiger charge is 2.18. The maximum absolute atomic E-state index is 12.4. The van der Waals surface area contributed by atoms with Gasteiger partial charge < -0.3 is 9.47 Å². The molecule has 1 aliphatic carbocycles. The molecule has 0 aliphatic heterocycles. The second kappa shape index (κ2) is 8.21. The van der Waals surface area contributed by atoms with Gasteiger partial charge in [-0.2, -0.15) is 5.10 Å². The molecule has 1 fully saturated rings. The van der Waals surface area contributed by atoms with Gasteiger partial charge in [0.25, 0.3) is 0 Å². The minimum atomic E-state index is -0.0719. The van der Waals surface area contributed by atoms with Crippen molar-refractivity contribution in [1.29, 1.82) is 0 Å². The third-order valence-corrected chi connectivity index (χ3v) is 4.55. The van der Waals surface area contributed by atoms with Crippen LogP contribution in [-0.4, -0.2) is 28.3 Å². The Morgan fingerprint density at radius 2 is 2.04 bits per heavy atom. The number of aryl methyl sites for hydroxylation is 2. The van der Waals surface area contributed by atoms with Crippen LogP contribution in [0.5, 0.6) is 11.5 Å². The zero-order valence-corrected chi connectivity index (χ0v) is 15.7. The van der Waals surface area contributed by atoms with Crippen molar-refractivity contribution in [2.45, 2.75) is 45.6 Å². The number of hydrogen-bond acceptors (Lipinski definition) is 4. The van der Waals surface area contributed by atoms with Crippen molar-refractivity contribution < 1.29 is 14.3 Å². The summed E-state index contributed by atoms with van der Waals surface area (Å²) in [5, 5.41) is 4.21. The molecule has 1 aliphatic rings. The predicted octanol–water partition coefficient (Wildman–Crippen LogP) is 4.34. The molecule has 2 aromatic rings. The van der Waals surface area contributed by atoms with Gasteiger partial charge in [-0.1, -0.05) is 12.1 Å². The van der Waals surface area contributed by atoms with E-state index in [1.54, 1.807) is 29.9 Å². The van der Waals surface area contributed by atoms with Crippen LogP contribution in [0.1, 0.15) is 54.4 Å². The fraction of sp³-hybridized carbons (Fsp3) is 0.429. The third-order valence-electron chi connectivity index (χ3n) is 4.55. The van der Waals surface area contributed by atoms with E-state index in [0.717, 1.165) is 35.6 Å². The predicted molar refractivity (Wildman–Crippen MR) is 102 cm³/mol. The van der Waals surface area contributed by atoms with Crippen molar-refractivity contribution >= 4 is 11.9 Å². The molecular formula is C21H26N2O3. The second-order valence-electron chi connectivity index (χ2n) is 6.66. The first-order chi connectivity index (χ1) is 12.6. The molecule has 3 rings (SSSR count). The van der Waals surface area contributed by atoms with Crippen LogP contribution >= 0.6 is 0 Å². The first-order valence-electron chi connectivity index (χ1n) is 9.23. The van der Waals surface area contributed by atoms with Gasteiger partial charge in [0.2, 0.25) is 5.78 Å². The van der Waals surface area contributed by atoms with Crippen LogP contribution in [0.25, 0.3) is 6.08 Å². The lowest BCUT2D eigenvalue weighted by atomic mass is 10.1. The average molecular weight is 354 g/mol. The highest BCUT2D eigenvalue weighted by Crippen LogP contribution is 2.33. The second-order valence-corrected chi connectivity index (χ2v) is 6.66. The molecule has 1 aromatic carbocycles. The molecule has 138 valence electrons. The fourth-order valence-electron chi connectivity index (χ4n) is 3.28. The van der Waals surface area contributed by atoms with Crippen molar-refractivity contribution in [2.75, 3.05) is 6.61 Å². The molecule has 0 atom stereocenters. The van der Waals surface area contributed by atoms with E-state index >= 15 is 0 Å². The van der Waals surface area contributed by atoms with Crippen molar-refractivity contribution in [3.05, 3.63) is 47.3 Å².